The van der Waals surface area contributed by atoms with Crippen molar-refractivity contribution in [2.24, 2.45) is 0 Å². The number of rotatable bonds is 5. The summed E-state index contributed by atoms with van der Waals surface area (Å²) in [5.74, 6) is -0.285. The lowest BCUT2D eigenvalue weighted by Gasteiger charge is -2.10. The van der Waals surface area contributed by atoms with Crippen LogP contribution >= 0.6 is 0 Å². The van der Waals surface area contributed by atoms with Crippen molar-refractivity contribution < 1.29 is 14.0 Å². The maximum Gasteiger partial charge on any atom is 0.286 e. The topological polar surface area (TPSA) is 84.2 Å². The van der Waals surface area contributed by atoms with Gasteiger partial charge in [-0.15, -0.1) is 0 Å². The molecule has 0 saturated carbocycles. The van der Waals surface area contributed by atoms with Crippen LogP contribution in [0.4, 0.5) is 5.69 Å². The average Bonchev–Trinajstić information content (AvgIpc) is 3.12. The highest BCUT2D eigenvalue weighted by molar-refractivity contribution is 6.02. The van der Waals surface area contributed by atoms with Gasteiger partial charge in [-0.1, -0.05) is 6.07 Å². The number of hydrogen-bond donors (Lipinski definition) is 2. The highest BCUT2D eigenvalue weighted by Gasteiger charge is 2.10. The van der Waals surface area contributed by atoms with Gasteiger partial charge in [-0.05, 0) is 42.8 Å². The Morgan fingerprint density at radius 2 is 2.04 bits per heavy atom. The normalized spacial score (nSPS) is 10.5. The van der Waals surface area contributed by atoms with Crippen molar-refractivity contribution in [3.8, 4) is 0 Å². The van der Waals surface area contributed by atoms with Crippen LogP contribution in [0.15, 0.2) is 53.3 Å². The van der Waals surface area contributed by atoms with Gasteiger partial charge in [0.1, 0.15) is 0 Å². The quantitative estimate of drug-likeness (QED) is 0.756. The molecule has 0 aliphatic heterocycles. The first kappa shape index (κ1) is 15.7. The maximum absolute atomic E-state index is 12.1. The van der Waals surface area contributed by atoms with Crippen molar-refractivity contribution in [3.05, 3.63) is 60.2 Å². The Labute approximate surface area is 138 Å². The van der Waals surface area contributed by atoms with Gasteiger partial charge in [0.05, 0.1) is 17.5 Å². The fourth-order valence-corrected chi connectivity index (χ4v) is 2.42. The van der Waals surface area contributed by atoms with Crippen LogP contribution in [0.2, 0.25) is 0 Å². The molecule has 6 heteroatoms. The van der Waals surface area contributed by atoms with Gasteiger partial charge in [0, 0.05) is 24.5 Å². The largest absolute Gasteiger partial charge is 0.459 e. The first-order chi connectivity index (χ1) is 11.6. The zero-order valence-corrected chi connectivity index (χ0v) is 13.2. The summed E-state index contributed by atoms with van der Waals surface area (Å²) < 4.78 is 4.99. The Morgan fingerprint density at radius 3 is 2.83 bits per heavy atom. The Morgan fingerprint density at radius 1 is 1.17 bits per heavy atom. The molecule has 1 aromatic carbocycles. The number of furan rings is 1. The highest BCUT2D eigenvalue weighted by atomic mass is 16.3. The van der Waals surface area contributed by atoms with E-state index in [2.05, 4.69) is 15.6 Å². The smallest absolute Gasteiger partial charge is 0.286 e. The maximum atomic E-state index is 12.1. The second-order valence-electron chi connectivity index (χ2n) is 5.36. The Kier molecular flexibility index (Phi) is 4.56. The lowest BCUT2D eigenvalue weighted by atomic mass is 10.1. The molecule has 0 aliphatic rings. The molecular weight excluding hydrogens is 306 g/mol. The van der Waals surface area contributed by atoms with E-state index in [9.17, 15) is 9.59 Å². The number of carbonyl (C=O) groups is 2. The Balaban J connectivity index is 1.59. The molecule has 3 aromatic rings. The number of nitrogens with one attached hydrogen (secondary N) is 2. The van der Waals surface area contributed by atoms with E-state index in [1.165, 1.54) is 6.26 Å². The number of amides is 2. The van der Waals surface area contributed by atoms with Gasteiger partial charge in [-0.3, -0.25) is 14.6 Å². The Hall–Kier alpha value is -3.15. The molecule has 2 heterocycles. The molecule has 0 saturated heterocycles. The third-order valence-electron chi connectivity index (χ3n) is 3.63. The van der Waals surface area contributed by atoms with Crippen molar-refractivity contribution in [3.63, 3.8) is 0 Å². The van der Waals surface area contributed by atoms with Crippen LogP contribution in [0.25, 0.3) is 10.9 Å². The monoisotopic (exact) mass is 323 g/mol. The number of anilines is 1. The van der Waals surface area contributed by atoms with E-state index in [1.54, 1.807) is 18.3 Å². The lowest BCUT2D eigenvalue weighted by Crippen LogP contribution is -2.27. The Bertz CT molecular complexity index is 872. The molecule has 0 bridgehead atoms. The molecule has 0 radical (unpaired) electrons. The third kappa shape index (κ3) is 3.43. The fourth-order valence-electron chi connectivity index (χ4n) is 2.42. The molecule has 0 aliphatic carbocycles. The van der Waals surface area contributed by atoms with Gasteiger partial charge < -0.3 is 15.1 Å². The number of aromatic nitrogens is 1. The zero-order chi connectivity index (χ0) is 16.9. The number of aryl methyl sites for hydroxylation is 1. The van der Waals surface area contributed by atoms with Crippen LogP contribution in [0, 0.1) is 6.92 Å². The predicted molar refractivity (Wildman–Crippen MR) is 90.8 cm³/mol. The van der Waals surface area contributed by atoms with E-state index >= 15 is 0 Å². The minimum absolute atomic E-state index is 0.169. The van der Waals surface area contributed by atoms with Gasteiger partial charge in [0.15, 0.2) is 5.76 Å². The van der Waals surface area contributed by atoms with E-state index in [-0.39, 0.29) is 30.5 Å². The van der Waals surface area contributed by atoms with Crippen LogP contribution in [0.5, 0.6) is 0 Å². The van der Waals surface area contributed by atoms with Gasteiger partial charge in [0.25, 0.3) is 5.91 Å². The molecule has 2 N–H and O–H groups in total. The van der Waals surface area contributed by atoms with Gasteiger partial charge in [-0.2, -0.15) is 0 Å². The van der Waals surface area contributed by atoms with Gasteiger partial charge in [0.2, 0.25) is 5.91 Å². The minimum Gasteiger partial charge on any atom is -0.459 e. The summed E-state index contributed by atoms with van der Waals surface area (Å²) in [6.07, 6.45) is 3.32. The second kappa shape index (κ2) is 6.95. The number of fused-ring (bicyclic) bond motifs is 1. The summed E-state index contributed by atoms with van der Waals surface area (Å²) in [7, 11) is 0. The molecule has 0 atom stereocenters. The molecule has 2 aromatic heterocycles. The number of carbonyl (C=O) groups excluding carboxylic acids is 2. The summed E-state index contributed by atoms with van der Waals surface area (Å²) in [6.45, 7) is 2.21. The van der Waals surface area contributed by atoms with Crippen LogP contribution in [-0.4, -0.2) is 23.3 Å². The van der Waals surface area contributed by atoms with Gasteiger partial charge in [-0.25, -0.2) is 0 Å². The molecule has 0 spiro atoms. The van der Waals surface area contributed by atoms with Crippen molar-refractivity contribution in [2.45, 2.75) is 13.3 Å². The van der Waals surface area contributed by atoms with Gasteiger partial charge >= 0.3 is 0 Å². The van der Waals surface area contributed by atoms with E-state index in [0.29, 0.717) is 5.69 Å². The van der Waals surface area contributed by atoms with Crippen molar-refractivity contribution >= 4 is 28.4 Å². The van der Waals surface area contributed by atoms with E-state index in [0.717, 1.165) is 16.5 Å². The number of benzene rings is 1. The SMILES string of the molecule is Cc1ccc(NC(=O)CCNC(=O)c2ccco2)c2cccnc12. The highest BCUT2D eigenvalue weighted by Crippen LogP contribution is 2.24. The molecule has 0 fully saturated rings. The first-order valence-electron chi connectivity index (χ1n) is 7.61. The number of nitrogens with zero attached hydrogens (tertiary/aromatic N) is 1. The molecule has 6 nitrogen and oxygen atoms in total. The van der Waals surface area contributed by atoms with Crippen molar-refractivity contribution in [2.75, 3.05) is 11.9 Å². The standard InChI is InChI=1S/C18H17N3O3/c1-12-6-7-14(13-4-2-9-19-17(12)13)21-16(22)8-10-20-18(23)15-5-3-11-24-15/h2-7,9,11H,8,10H2,1H3,(H,20,23)(H,21,22). The van der Waals surface area contributed by atoms with Crippen molar-refractivity contribution in [1.29, 1.82) is 0 Å². The second-order valence-corrected chi connectivity index (χ2v) is 5.36. The number of hydrogen-bond acceptors (Lipinski definition) is 4. The average molecular weight is 323 g/mol. The summed E-state index contributed by atoms with van der Waals surface area (Å²) in [6, 6.07) is 10.7. The molecule has 3 rings (SSSR count). The summed E-state index contributed by atoms with van der Waals surface area (Å²) in [4.78, 5) is 28.2. The lowest BCUT2D eigenvalue weighted by molar-refractivity contribution is -0.116. The van der Waals surface area contributed by atoms with Crippen LogP contribution < -0.4 is 10.6 Å². The van der Waals surface area contributed by atoms with Crippen LogP contribution in [-0.2, 0) is 4.79 Å². The predicted octanol–water partition coefficient (Wildman–Crippen LogP) is 2.89. The van der Waals surface area contributed by atoms with Crippen LogP contribution in [0.3, 0.4) is 0 Å². The number of pyridine rings is 1. The first-order valence-corrected chi connectivity index (χ1v) is 7.61. The minimum atomic E-state index is -0.335. The molecule has 2 amide bonds. The molecule has 0 unspecified atom stereocenters. The van der Waals surface area contributed by atoms with E-state index in [1.807, 2.05) is 31.2 Å². The van der Waals surface area contributed by atoms with E-state index < -0.39 is 0 Å². The third-order valence-corrected chi connectivity index (χ3v) is 3.63. The summed E-state index contributed by atoms with van der Waals surface area (Å²) >= 11 is 0. The van der Waals surface area contributed by atoms with Crippen LogP contribution in [0.1, 0.15) is 22.5 Å². The summed E-state index contributed by atoms with van der Waals surface area (Å²) in [5, 5.41) is 6.40. The molecule has 24 heavy (non-hydrogen) atoms. The van der Waals surface area contributed by atoms with E-state index in [4.69, 9.17) is 4.42 Å². The fraction of sp³-hybridized carbons (Fsp3) is 0.167. The zero-order valence-electron chi connectivity index (χ0n) is 13.2. The molecular formula is C18H17N3O3. The molecule has 122 valence electrons. The van der Waals surface area contributed by atoms with Crippen molar-refractivity contribution in [1.82, 2.24) is 10.3 Å². The summed E-state index contributed by atoms with van der Waals surface area (Å²) in [5.41, 5.74) is 2.63.